The number of benzene rings is 2. The standard InChI is InChI=1S/C34H30N6O4S/c1-20-9-12-25(44-24-7-3-2-4-8-24)17-27(20)40-26-13-14-36-32-28(26)29(38-34(40)43)30(45-32)31(41)37-23-6-5-15-39(19-23)33(42)22(18-35)16-21-10-11-21/h2-4,7-9,12-14,16-17,21,23H,5-6,10-11,15,19H2,1H3,(H,37,41)(H,38,43)/b22-16+/t23-/m1/s1. The minimum Gasteiger partial charge on any atom is -0.457 e. The molecule has 0 bridgehead atoms. The number of ether oxygens (including phenoxy) is 1. The van der Waals surface area contributed by atoms with Crippen LogP contribution in [0, 0.1) is 24.2 Å². The van der Waals surface area contributed by atoms with E-state index in [2.05, 4.69) is 21.7 Å². The van der Waals surface area contributed by atoms with Crippen molar-refractivity contribution in [1.82, 2.24) is 15.2 Å². The molecule has 11 heteroatoms. The molecular weight excluding hydrogens is 588 g/mol. The number of pyridine rings is 1. The van der Waals surface area contributed by atoms with Crippen molar-refractivity contribution >= 4 is 56.5 Å². The zero-order chi connectivity index (χ0) is 31.1. The van der Waals surface area contributed by atoms with E-state index in [0.29, 0.717) is 75.5 Å². The number of urea groups is 1. The maximum atomic E-state index is 13.7. The third-order valence-electron chi connectivity index (χ3n) is 8.27. The highest BCUT2D eigenvalue weighted by molar-refractivity contribution is 7.21. The number of likely N-dealkylation sites (tertiary alicyclic amines) is 1. The fourth-order valence-electron chi connectivity index (χ4n) is 5.86. The lowest BCUT2D eigenvalue weighted by atomic mass is 10.0. The Morgan fingerprint density at radius 1 is 1.11 bits per heavy atom. The van der Waals surface area contributed by atoms with Crippen LogP contribution in [0.2, 0.25) is 0 Å². The monoisotopic (exact) mass is 618 g/mol. The minimum absolute atomic E-state index is 0.177. The normalized spacial score (nSPS) is 17.9. The number of nitrogens with zero attached hydrogens (tertiary/aromatic N) is 4. The quantitative estimate of drug-likeness (QED) is 0.176. The molecule has 2 N–H and O–H groups in total. The number of piperidine rings is 1. The summed E-state index contributed by atoms with van der Waals surface area (Å²) < 4.78 is 6.05. The zero-order valence-corrected chi connectivity index (χ0v) is 25.4. The van der Waals surface area contributed by atoms with Crippen LogP contribution in [0.4, 0.5) is 21.9 Å². The average molecular weight is 619 g/mol. The number of para-hydroxylation sites is 1. The van der Waals surface area contributed by atoms with Gasteiger partial charge in [0.25, 0.3) is 11.8 Å². The molecule has 1 saturated heterocycles. The first-order valence-corrected chi connectivity index (χ1v) is 15.8. The van der Waals surface area contributed by atoms with E-state index in [-0.39, 0.29) is 23.4 Å². The highest BCUT2D eigenvalue weighted by atomic mass is 32.1. The minimum atomic E-state index is -0.400. The Hall–Kier alpha value is -5.21. The Labute approximate surface area is 263 Å². The van der Waals surface area contributed by atoms with Crippen LogP contribution in [0.25, 0.3) is 10.2 Å². The number of amides is 4. The fourth-order valence-corrected chi connectivity index (χ4v) is 6.88. The molecule has 2 fully saturated rings. The van der Waals surface area contributed by atoms with Gasteiger partial charge in [-0.3, -0.25) is 14.5 Å². The highest BCUT2D eigenvalue weighted by Crippen LogP contribution is 2.47. The topological polar surface area (TPSA) is 128 Å². The van der Waals surface area contributed by atoms with Crippen LogP contribution < -0.4 is 20.3 Å². The van der Waals surface area contributed by atoms with Gasteiger partial charge in [0.2, 0.25) is 0 Å². The molecule has 0 radical (unpaired) electrons. The van der Waals surface area contributed by atoms with E-state index >= 15 is 0 Å². The summed E-state index contributed by atoms with van der Waals surface area (Å²) in [5, 5.41) is 16.3. The second-order valence-corrected chi connectivity index (χ2v) is 12.5. The molecule has 7 rings (SSSR count). The SMILES string of the molecule is Cc1ccc(Oc2ccccc2)cc1N1C(=O)Nc2c(C(=O)N[C@@H]3CCCN(C(=O)/C(C#N)=C/C4CC4)C3)sc3nccc1c23. The van der Waals surface area contributed by atoms with Gasteiger partial charge in [0, 0.05) is 31.4 Å². The van der Waals surface area contributed by atoms with Gasteiger partial charge in [-0.05, 0) is 68.4 Å². The number of thiophene rings is 1. The summed E-state index contributed by atoms with van der Waals surface area (Å²) >= 11 is 1.22. The van der Waals surface area contributed by atoms with Crippen molar-refractivity contribution in [2.45, 2.75) is 38.6 Å². The maximum Gasteiger partial charge on any atom is 0.331 e. The van der Waals surface area contributed by atoms with E-state index in [9.17, 15) is 19.6 Å². The van der Waals surface area contributed by atoms with Crippen LogP contribution >= 0.6 is 11.3 Å². The largest absolute Gasteiger partial charge is 0.457 e. The van der Waals surface area contributed by atoms with Gasteiger partial charge >= 0.3 is 6.03 Å². The molecule has 2 aliphatic heterocycles. The molecule has 2 aromatic carbocycles. The molecule has 1 saturated carbocycles. The predicted molar refractivity (Wildman–Crippen MR) is 172 cm³/mol. The number of carbonyl (C=O) groups is 3. The molecule has 4 amide bonds. The summed E-state index contributed by atoms with van der Waals surface area (Å²) in [5.41, 5.74) is 2.74. The van der Waals surface area contributed by atoms with Crippen LogP contribution in [0.15, 0.2) is 72.4 Å². The van der Waals surface area contributed by atoms with Crippen molar-refractivity contribution in [1.29, 1.82) is 5.26 Å². The van der Waals surface area contributed by atoms with Crippen LogP contribution in [0.1, 0.15) is 40.9 Å². The van der Waals surface area contributed by atoms with E-state index in [0.717, 1.165) is 18.4 Å². The van der Waals surface area contributed by atoms with Gasteiger partial charge in [-0.25, -0.2) is 9.78 Å². The van der Waals surface area contributed by atoms with Gasteiger partial charge in [0.1, 0.15) is 32.8 Å². The summed E-state index contributed by atoms with van der Waals surface area (Å²) in [4.78, 5) is 49.2. The Kier molecular flexibility index (Phi) is 7.43. The van der Waals surface area contributed by atoms with E-state index < -0.39 is 6.03 Å². The van der Waals surface area contributed by atoms with Crippen molar-refractivity contribution in [3.63, 3.8) is 0 Å². The van der Waals surface area contributed by atoms with Crippen molar-refractivity contribution in [3.05, 3.63) is 82.9 Å². The fraction of sp³-hybridized carbons (Fsp3) is 0.265. The number of nitriles is 1. The molecule has 1 aliphatic carbocycles. The van der Waals surface area contributed by atoms with Crippen molar-refractivity contribution in [2.75, 3.05) is 23.3 Å². The third kappa shape index (κ3) is 5.60. The molecule has 10 nitrogen and oxygen atoms in total. The summed E-state index contributed by atoms with van der Waals surface area (Å²) in [7, 11) is 0. The maximum absolute atomic E-state index is 13.7. The molecule has 0 spiro atoms. The van der Waals surface area contributed by atoms with E-state index in [4.69, 9.17) is 4.74 Å². The van der Waals surface area contributed by atoms with Gasteiger partial charge in [-0.2, -0.15) is 5.26 Å². The summed E-state index contributed by atoms with van der Waals surface area (Å²) in [6, 6.07) is 18.2. The third-order valence-corrected chi connectivity index (χ3v) is 9.37. The Morgan fingerprint density at radius 3 is 2.71 bits per heavy atom. The highest BCUT2D eigenvalue weighted by Gasteiger charge is 2.35. The number of aryl methyl sites for hydroxylation is 1. The molecule has 4 heterocycles. The molecule has 226 valence electrons. The van der Waals surface area contributed by atoms with Crippen molar-refractivity contribution in [2.24, 2.45) is 5.92 Å². The first-order valence-electron chi connectivity index (χ1n) is 15.0. The number of rotatable bonds is 7. The lowest BCUT2D eigenvalue weighted by molar-refractivity contribution is -0.128. The van der Waals surface area contributed by atoms with Crippen LogP contribution in [0.3, 0.4) is 0 Å². The first kappa shape index (κ1) is 28.6. The number of hydrogen-bond acceptors (Lipinski definition) is 7. The summed E-state index contributed by atoms with van der Waals surface area (Å²) in [5.74, 6) is 0.962. The number of nitrogens with one attached hydrogen (secondary N) is 2. The molecule has 1 atom stereocenters. The summed E-state index contributed by atoms with van der Waals surface area (Å²) in [6.07, 6.45) is 6.84. The molecule has 4 aromatic rings. The van der Waals surface area contributed by atoms with Gasteiger partial charge in [-0.1, -0.05) is 30.3 Å². The second-order valence-electron chi connectivity index (χ2n) is 11.5. The number of hydrogen-bond donors (Lipinski definition) is 2. The second kappa shape index (κ2) is 11.7. The lowest BCUT2D eigenvalue weighted by Crippen LogP contribution is -2.50. The van der Waals surface area contributed by atoms with Gasteiger partial charge in [0.05, 0.1) is 22.4 Å². The Morgan fingerprint density at radius 2 is 1.93 bits per heavy atom. The van der Waals surface area contributed by atoms with Gasteiger partial charge in [-0.15, -0.1) is 11.3 Å². The van der Waals surface area contributed by atoms with Gasteiger partial charge < -0.3 is 20.3 Å². The van der Waals surface area contributed by atoms with Crippen LogP contribution in [-0.4, -0.2) is 46.9 Å². The van der Waals surface area contributed by atoms with Crippen molar-refractivity contribution in [3.8, 4) is 17.6 Å². The molecular formula is C34H30N6O4S. The zero-order valence-electron chi connectivity index (χ0n) is 24.6. The molecule has 2 aromatic heterocycles. The number of carbonyl (C=O) groups excluding carboxylic acids is 3. The predicted octanol–water partition coefficient (Wildman–Crippen LogP) is 6.66. The number of anilines is 3. The number of allylic oxidation sites excluding steroid dienone is 1. The molecule has 45 heavy (non-hydrogen) atoms. The number of aromatic nitrogens is 1. The van der Waals surface area contributed by atoms with Crippen LogP contribution in [0.5, 0.6) is 11.5 Å². The smallest absolute Gasteiger partial charge is 0.331 e. The average Bonchev–Trinajstić information content (AvgIpc) is 3.80. The van der Waals surface area contributed by atoms with Crippen LogP contribution in [-0.2, 0) is 4.79 Å². The van der Waals surface area contributed by atoms with Gasteiger partial charge in [0.15, 0.2) is 0 Å². The first-order chi connectivity index (χ1) is 21.9. The molecule has 3 aliphatic rings. The lowest BCUT2D eigenvalue weighted by Gasteiger charge is -2.33. The van der Waals surface area contributed by atoms with E-state index in [1.807, 2.05) is 55.5 Å². The van der Waals surface area contributed by atoms with E-state index in [1.54, 1.807) is 28.1 Å². The summed E-state index contributed by atoms with van der Waals surface area (Å²) in [6.45, 7) is 2.78. The Bertz CT molecular complexity index is 1910. The Balaban J connectivity index is 1.15. The van der Waals surface area contributed by atoms with Crippen molar-refractivity contribution < 1.29 is 19.1 Å². The molecule has 0 unspecified atom stereocenters. The van der Waals surface area contributed by atoms with E-state index in [1.165, 1.54) is 11.3 Å².